The van der Waals surface area contributed by atoms with Crippen LogP contribution >= 0.6 is 15.9 Å². The van der Waals surface area contributed by atoms with E-state index in [1.54, 1.807) is 6.07 Å². The number of amides is 1. The van der Waals surface area contributed by atoms with E-state index in [2.05, 4.69) is 40.1 Å². The monoisotopic (exact) mass is 270 g/mol. The average molecular weight is 271 g/mol. The van der Waals surface area contributed by atoms with Gasteiger partial charge in [0.25, 0.3) is 0 Å². The summed E-state index contributed by atoms with van der Waals surface area (Å²) in [6.45, 7) is 4.14. The molecule has 0 fully saturated rings. The molecule has 0 aliphatic heterocycles. The number of halogens is 1. The van der Waals surface area contributed by atoms with Gasteiger partial charge in [-0.3, -0.25) is 4.79 Å². The van der Waals surface area contributed by atoms with E-state index in [4.69, 9.17) is 0 Å². The lowest BCUT2D eigenvalue weighted by Gasteiger charge is -2.08. The van der Waals surface area contributed by atoms with Gasteiger partial charge in [-0.1, -0.05) is 26.3 Å². The number of carbonyl (C=O) groups is 1. The molecule has 1 heterocycles. The Bertz CT molecular complexity index is 341. The molecule has 3 nitrogen and oxygen atoms in total. The first-order chi connectivity index (χ1) is 7.11. The van der Waals surface area contributed by atoms with Crippen LogP contribution < -0.4 is 5.32 Å². The molecule has 0 aliphatic carbocycles. The van der Waals surface area contributed by atoms with Gasteiger partial charge in [-0.2, -0.15) is 0 Å². The van der Waals surface area contributed by atoms with Gasteiger partial charge in [0.05, 0.1) is 0 Å². The molecule has 0 aromatic carbocycles. The van der Waals surface area contributed by atoms with Crippen LogP contribution in [0.4, 0.5) is 5.82 Å². The van der Waals surface area contributed by atoms with Gasteiger partial charge in [-0.15, -0.1) is 0 Å². The molecule has 0 saturated heterocycles. The largest absolute Gasteiger partial charge is 0.311 e. The Morgan fingerprint density at radius 2 is 2.33 bits per heavy atom. The van der Waals surface area contributed by atoms with E-state index in [0.29, 0.717) is 18.2 Å². The molecule has 0 saturated carbocycles. The van der Waals surface area contributed by atoms with Crippen molar-refractivity contribution < 1.29 is 4.79 Å². The number of nitrogens with zero attached hydrogens (tertiary/aromatic N) is 1. The van der Waals surface area contributed by atoms with Crippen LogP contribution in [0.25, 0.3) is 0 Å². The van der Waals surface area contributed by atoms with Crippen molar-refractivity contribution in [1.82, 2.24) is 4.98 Å². The van der Waals surface area contributed by atoms with E-state index in [1.165, 1.54) is 0 Å². The SMILES string of the molecule is CCC(C)CC(=O)Nc1cccc(Br)n1. The minimum absolute atomic E-state index is 0.0231. The first-order valence-electron chi connectivity index (χ1n) is 5.04. The molecule has 0 radical (unpaired) electrons. The third kappa shape index (κ3) is 4.42. The van der Waals surface area contributed by atoms with Crippen LogP contribution in [0.3, 0.4) is 0 Å². The maximum absolute atomic E-state index is 11.5. The molecule has 1 aromatic rings. The van der Waals surface area contributed by atoms with Gasteiger partial charge in [0, 0.05) is 6.42 Å². The van der Waals surface area contributed by atoms with Crippen LogP contribution in [0, 0.1) is 5.92 Å². The van der Waals surface area contributed by atoms with Crippen molar-refractivity contribution in [3.8, 4) is 0 Å². The van der Waals surface area contributed by atoms with Crippen LogP contribution in [0.5, 0.6) is 0 Å². The molecule has 0 spiro atoms. The minimum atomic E-state index is 0.0231. The number of aromatic nitrogens is 1. The normalized spacial score (nSPS) is 12.2. The number of rotatable bonds is 4. The van der Waals surface area contributed by atoms with Gasteiger partial charge in [-0.05, 0) is 34.0 Å². The number of carbonyl (C=O) groups excluding carboxylic acids is 1. The molecule has 4 heteroatoms. The van der Waals surface area contributed by atoms with E-state index in [0.717, 1.165) is 11.0 Å². The Morgan fingerprint density at radius 1 is 1.60 bits per heavy atom. The molecule has 1 aromatic heterocycles. The van der Waals surface area contributed by atoms with Gasteiger partial charge >= 0.3 is 0 Å². The number of nitrogens with one attached hydrogen (secondary N) is 1. The summed E-state index contributed by atoms with van der Waals surface area (Å²) in [6, 6.07) is 5.44. The summed E-state index contributed by atoms with van der Waals surface area (Å²) in [5.41, 5.74) is 0. The lowest BCUT2D eigenvalue weighted by atomic mass is 10.1. The van der Waals surface area contributed by atoms with Gasteiger partial charge in [-0.25, -0.2) is 4.98 Å². The quantitative estimate of drug-likeness (QED) is 0.854. The van der Waals surface area contributed by atoms with Crippen molar-refractivity contribution in [2.75, 3.05) is 5.32 Å². The van der Waals surface area contributed by atoms with Crippen molar-refractivity contribution in [3.63, 3.8) is 0 Å². The number of hydrogen-bond donors (Lipinski definition) is 1. The minimum Gasteiger partial charge on any atom is -0.311 e. The lowest BCUT2D eigenvalue weighted by molar-refractivity contribution is -0.117. The van der Waals surface area contributed by atoms with Crippen LogP contribution in [-0.4, -0.2) is 10.9 Å². The fourth-order valence-electron chi connectivity index (χ4n) is 1.13. The Labute approximate surface area is 98.4 Å². The molecule has 82 valence electrons. The molecule has 15 heavy (non-hydrogen) atoms. The second-order valence-corrected chi connectivity index (χ2v) is 4.42. The summed E-state index contributed by atoms with van der Waals surface area (Å²) in [7, 11) is 0. The topological polar surface area (TPSA) is 42.0 Å². The summed E-state index contributed by atoms with van der Waals surface area (Å²) in [4.78, 5) is 15.7. The number of anilines is 1. The Hall–Kier alpha value is -0.900. The van der Waals surface area contributed by atoms with Gasteiger partial charge in [0.1, 0.15) is 10.4 Å². The molecular weight excluding hydrogens is 256 g/mol. The van der Waals surface area contributed by atoms with Crippen molar-refractivity contribution >= 4 is 27.7 Å². The Kier molecular flexibility index (Phi) is 4.75. The van der Waals surface area contributed by atoms with Gasteiger partial charge in [0.15, 0.2) is 0 Å². The summed E-state index contributed by atoms with van der Waals surface area (Å²) in [5.74, 6) is 1.03. The highest BCUT2D eigenvalue weighted by atomic mass is 79.9. The molecule has 0 aliphatic rings. The molecule has 1 rings (SSSR count). The molecular formula is C11H15BrN2O. The van der Waals surface area contributed by atoms with Crippen LogP contribution in [0.1, 0.15) is 26.7 Å². The predicted molar refractivity (Wildman–Crippen MR) is 64.6 cm³/mol. The van der Waals surface area contributed by atoms with Crippen molar-refractivity contribution in [1.29, 1.82) is 0 Å². The van der Waals surface area contributed by atoms with E-state index in [1.807, 2.05) is 12.1 Å². The number of hydrogen-bond acceptors (Lipinski definition) is 2. The van der Waals surface area contributed by atoms with Crippen LogP contribution in [-0.2, 0) is 4.79 Å². The Balaban J connectivity index is 2.51. The third-order valence-corrected chi connectivity index (χ3v) is 2.66. The average Bonchev–Trinajstić information content (AvgIpc) is 2.17. The van der Waals surface area contributed by atoms with Gasteiger partial charge in [0.2, 0.25) is 5.91 Å². The summed E-state index contributed by atoms with van der Waals surface area (Å²) in [6.07, 6.45) is 1.56. The smallest absolute Gasteiger partial charge is 0.225 e. The maximum atomic E-state index is 11.5. The fraction of sp³-hybridized carbons (Fsp3) is 0.455. The van der Waals surface area contributed by atoms with E-state index >= 15 is 0 Å². The Morgan fingerprint density at radius 3 is 2.93 bits per heavy atom. The molecule has 1 atom stereocenters. The third-order valence-electron chi connectivity index (χ3n) is 2.21. The zero-order chi connectivity index (χ0) is 11.3. The van der Waals surface area contributed by atoms with E-state index in [9.17, 15) is 4.79 Å². The number of pyridine rings is 1. The van der Waals surface area contributed by atoms with E-state index in [-0.39, 0.29) is 5.91 Å². The highest BCUT2D eigenvalue weighted by Gasteiger charge is 2.07. The summed E-state index contributed by atoms with van der Waals surface area (Å²) >= 11 is 3.25. The highest BCUT2D eigenvalue weighted by molar-refractivity contribution is 9.10. The molecule has 0 bridgehead atoms. The van der Waals surface area contributed by atoms with Crippen LogP contribution in [0.2, 0.25) is 0 Å². The van der Waals surface area contributed by atoms with Crippen molar-refractivity contribution in [2.45, 2.75) is 26.7 Å². The second-order valence-electron chi connectivity index (χ2n) is 3.61. The molecule has 1 amide bonds. The fourth-order valence-corrected chi connectivity index (χ4v) is 1.48. The highest BCUT2D eigenvalue weighted by Crippen LogP contribution is 2.12. The zero-order valence-corrected chi connectivity index (χ0v) is 10.5. The van der Waals surface area contributed by atoms with Gasteiger partial charge < -0.3 is 5.32 Å². The lowest BCUT2D eigenvalue weighted by Crippen LogP contribution is -2.15. The first-order valence-corrected chi connectivity index (χ1v) is 5.83. The molecule has 1 N–H and O–H groups in total. The second kappa shape index (κ2) is 5.85. The van der Waals surface area contributed by atoms with E-state index < -0.39 is 0 Å². The standard InChI is InChI=1S/C11H15BrN2O/c1-3-8(2)7-11(15)14-10-6-4-5-9(12)13-10/h4-6,8H,3,7H2,1-2H3,(H,13,14,15). The maximum Gasteiger partial charge on any atom is 0.225 e. The molecule has 1 unspecified atom stereocenters. The van der Waals surface area contributed by atoms with Crippen molar-refractivity contribution in [3.05, 3.63) is 22.8 Å². The summed E-state index contributed by atoms with van der Waals surface area (Å²) in [5, 5.41) is 2.77. The summed E-state index contributed by atoms with van der Waals surface area (Å²) < 4.78 is 0.726. The predicted octanol–water partition coefficient (Wildman–Crippen LogP) is 3.22. The van der Waals surface area contributed by atoms with Crippen LogP contribution in [0.15, 0.2) is 22.8 Å². The first kappa shape index (κ1) is 12.2. The zero-order valence-electron chi connectivity index (χ0n) is 8.96. The van der Waals surface area contributed by atoms with Crippen molar-refractivity contribution in [2.24, 2.45) is 5.92 Å².